The maximum Gasteiger partial charge on any atom is 0.180 e. The summed E-state index contributed by atoms with van der Waals surface area (Å²) in [5, 5.41) is 8.74. The Bertz CT molecular complexity index is 419. The first-order valence-electron chi connectivity index (χ1n) is 5.68. The minimum atomic E-state index is -0.0306. The van der Waals surface area contributed by atoms with Gasteiger partial charge in [0.25, 0.3) is 0 Å². The fourth-order valence-electron chi connectivity index (χ4n) is 1.51. The van der Waals surface area contributed by atoms with Gasteiger partial charge in [0.15, 0.2) is 5.78 Å². The maximum absolute atomic E-state index is 11.4. The predicted molar refractivity (Wildman–Crippen MR) is 66.9 cm³/mol. The minimum absolute atomic E-state index is 0.0306. The van der Waals surface area contributed by atoms with Crippen molar-refractivity contribution in [1.82, 2.24) is 4.98 Å². The van der Waals surface area contributed by atoms with E-state index in [0.717, 1.165) is 5.69 Å². The largest absolute Gasteiger partial charge is 0.372 e. The predicted octanol–water partition coefficient (Wildman–Crippen LogP) is 2.27. The number of anilines is 1. The van der Waals surface area contributed by atoms with Crippen LogP contribution in [0.15, 0.2) is 18.3 Å². The monoisotopic (exact) mass is 231 g/mol. The lowest BCUT2D eigenvalue weighted by atomic mass is 10.2. The Morgan fingerprint density at radius 1 is 1.59 bits per heavy atom. The average Bonchev–Trinajstić information content (AvgIpc) is 2.37. The van der Waals surface area contributed by atoms with E-state index >= 15 is 0 Å². The highest BCUT2D eigenvalue weighted by Crippen LogP contribution is 2.13. The molecule has 0 bridgehead atoms. The Morgan fingerprint density at radius 2 is 2.29 bits per heavy atom. The molecule has 4 heteroatoms. The van der Waals surface area contributed by atoms with Crippen LogP contribution in [-0.4, -0.2) is 24.4 Å². The molecule has 17 heavy (non-hydrogen) atoms. The average molecular weight is 231 g/mol. The molecule has 0 N–H and O–H groups in total. The van der Waals surface area contributed by atoms with Crippen molar-refractivity contribution in [2.45, 2.75) is 20.3 Å². The Hall–Kier alpha value is -1.89. The maximum atomic E-state index is 11.4. The topological polar surface area (TPSA) is 57.0 Å². The zero-order chi connectivity index (χ0) is 12.8. The van der Waals surface area contributed by atoms with Crippen LogP contribution in [0.5, 0.6) is 0 Å². The van der Waals surface area contributed by atoms with Crippen LogP contribution >= 0.6 is 0 Å². The number of aromatic nitrogens is 1. The molecule has 0 radical (unpaired) electrons. The third-order valence-corrected chi connectivity index (χ3v) is 2.56. The normalized spacial score (nSPS) is 11.6. The molecule has 0 aromatic carbocycles. The lowest BCUT2D eigenvalue weighted by Gasteiger charge is -2.19. The first-order valence-corrected chi connectivity index (χ1v) is 5.68. The summed E-state index contributed by atoms with van der Waals surface area (Å²) in [5.41, 5.74) is 1.41. The third kappa shape index (κ3) is 3.56. The Labute approximate surface area is 102 Å². The number of hydrogen-bond acceptors (Lipinski definition) is 4. The number of carbonyl (C=O) groups excluding carboxylic acids is 1. The van der Waals surface area contributed by atoms with Crippen molar-refractivity contribution in [3.63, 3.8) is 0 Å². The molecular weight excluding hydrogens is 214 g/mol. The molecule has 1 heterocycles. The molecule has 0 saturated heterocycles. The zero-order valence-corrected chi connectivity index (χ0v) is 10.5. The molecule has 90 valence electrons. The second kappa shape index (κ2) is 6.00. The van der Waals surface area contributed by atoms with E-state index in [-0.39, 0.29) is 11.7 Å². The Kier molecular flexibility index (Phi) is 4.65. The summed E-state index contributed by atoms with van der Waals surface area (Å²) in [6.45, 7) is 4.34. The number of nitriles is 1. The first-order chi connectivity index (χ1) is 8.08. The van der Waals surface area contributed by atoms with Gasteiger partial charge in [0.05, 0.1) is 23.9 Å². The number of pyridine rings is 1. The molecule has 0 amide bonds. The number of carbonyl (C=O) groups is 1. The molecule has 1 aromatic heterocycles. The Balaban J connectivity index is 2.74. The van der Waals surface area contributed by atoms with Crippen molar-refractivity contribution < 1.29 is 4.79 Å². The van der Waals surface area contributed by atoms with Gasteiger partial charge in [0.1, 0.15) is 5.69 Å². The fourth-order valence-corrected chi connectivity index (χ4v) is 1.51. The summed E-state index contributed by atoms with van der Waals surface area (Å²) < 4.78 is 0. The van der Waals surface area contributed by atoms with Crippen molar-refractivity contribution in [2.24, 2.45) is 5.92 Å². The van der Waals surface area contributed by atoms with Crippen LogP contribution in [0, 0.1) is 17.2 Å². The van der Waals surface area contributed by atoms with Crippen molar-refractivity contribution in [2.75, 3.05) is 18.5 Å². The van der Waals surface area contributed by atoms with Gasteiger partial charge < -0.3 is 4.90 Å². The zero-order valence-electron chi connectivity index (χ0n) is 10.5. The van der Waals surface area contributed by atoms with Gasteiger partial charge in [0.2, 0.25) is 0 Å². The molecule has 0 fully saturated rings. The lowest BCUT2D eigenvalue weighted by molar-refractivity contribution is 0.0983. The van der Waals surface area contributed by atoms with E-state index in [1.165, 1.54) is 0 Å². The van der Waals surface area contributed by atoms with Gasteiger partial charge in [-0.15, -0.1) is 0 Å². The van der Waals surface area contributed by atoms with Gasteiger partial charge >= 0.3 is 0 Å². The number of nitrogens with zero attached hydrogens (tertiary/aromatic N) is 3. The van der Waals surface area contributed by atoms with Gasteiger partial charge in [0, 0.05) is 20.0 Å². The first kappa shape index (κ1) is 13.2. The molecule has 0 saturated carbocycles. The summed E-state index contributed by atoms with van der Waals surface area (Å²) in [5.74, 6) is 0.0153. The second-order valence-corrected chi connectivity index (χ2v) is 4.09. The van der Waals surface area contributed by atoms with Crippen LogP contribution in [0.2, 0.25) is 0 Å². The molecule has 0 spiro atoms. The number of ketones is 1. The summed E-state index contributed by atoms with van der Waals surface area (Å²) in [6, 6.07) is 5.78. The lowest BCUT2D eigenvalue weighted by Crippen LogP contribution is -2.23. The smallest absolute Gasteiger partial charge is 0.180 e. The third-order valence-electron chi connectivity index (χ3n) is 2.56. The molecule has 1 aromatic rings. The van der Waals surface area contributed by atoms with E-state index in [4.69, 9.17) is 5.26 Å². The number of Topliss-reactive ketones (excluding diaryl/α,β-unsaturated/α-hetero) is 1. The van der Waals surface area contributed by atoms with Crippen LogP contribution in [0.1, 0.15) is 30.8 Å². The van der Waals surface area contributed by atoms with Gasteiger partial charge in [-0.2, -0.15) is 5.26 Å². The molecule has 4 nitrogen and oxygen atoms in total. The molecule has 1 unspecified atom stereocenters. The van der Waals surface area contributed by atoms with Crippen LogP contribution in [0.4, 0.5) is 5.69 Å². The standard InChI is InChI=1S/C13H17N3O/c1-4-13(17)12-6-5-11(8-15-12)16(3)9-10(2)7-14/h5-6,8,10H,4,9H2,1-3H3. The van der Waals surface area contributed by atoms with E-state index < -0.39 is 0 Å². The van der Waals surface area contributed by atoms with E-state index in [2.05, 4.69) is 11.1 Å². The van der Waals surface area contributed by atoms with E-state index in [9.17, 15) is 4.79 Å². The molecular formula is C13H17N3O. The molecule has 1 atom stereocenters. The minimum Gasteiger partial charge on any atom is -0.372 e. The summed E-state index contributed by atoms with van der Waals surface area (Å²) in [6.07, 6.45) is 2.14. The van der Waals surface area contributed by atoms with Crippen LogP contribution in [0.25, 0.3) is 0 Å². The molecule has 1 rings (SSSR count). The van der Waals surface area contributed by atoms with E-state index in [1.54, 1.807) is 12.3 Å². The quantitative estimate of drug-likeness (QED) is 0.729. The summed E-state index contributed by atoms with van der Waals surface area (Å²) in [4.78, 5) is 17.5. The van der Waals surface area contributed by atoms with Gasteiger partial charge in [-0.05, 0) is 19.1 Å². The highest BCUT2D eigenvalue weighted by molar-refractivity contribution is 5.94. The number of rotatable bonds is 5. The molecule has 0 aliphatic carbocycles. The van der Waals surface area contributed by atoms with Gasteiger partial charge in [-0.25, -0.2) is 0 Å². The fraction of sp³-hybridized carbons (Fsp3) is 0.462. The summed E-state index contributed by atoms with van der Waals surface area (Å²) in [7, 11) is 1.91. The van der Waals surface area contributed by atoms with Crippen LogP contribution in [-0.2, 0) is 0 Å². The van der Waals surface area contributed by atoms with Crippen LogP contribution < -0.4 is 4.90 Å². The van der Waals surface area contributed by atoms with Crippen molar-refractivity contribution in [3.8, 4) is 6.07 Å². The highest BCUT2D eigenvalue weighted by atomic mass is 16.1. The SMILES string of the molecule is CCC(=O)c1ccc(N(C)CC(C)C#N)cn1. The second-order valence-electron chi connectivity index (χ2n) is 4.09. The molecule has 0 aliphatic rings. The highest BCUT2D eigenvalue weighted by Gasteiger charge is 2.08. The van der Waals surface area contributed by atoms with Crippen molar-refractivity contribution >= 4 is 11.5 Å². The van der Waals surface area contributed by atoms with Crippen molar-refractivity contribution in [1.29, 1.82) is 5.26 Å². The number of hydrogen-bond donors (Lipinski definition) is 0. The van der Waals surface area contributed by atoms with Gasteiger partial charge in [-0.1, -0.05) is 6.92 Å². The molecule has 0 aliphatic heterocycles. The van der Waals surface area contributed by atoms with Crippen LogP contribution in [0.3, 0.4) is 0 Å². The van der Waals surface area contributed by atoms with Crippen molar-refractivity contribution in [3.05, 3.63) is 24.0 Å². The Morgan fingerprint density at radius 3 is 2.76 bits per heavy atom. The van der Waals surface area contributed by atoms with E-state index in [1.807, 2.05) is 31.9 Å². The summed E-state index contributed by atoms with van der Waals surface area (Å²) >= 11 is 0. The van der Waals surface area contributed by atoms with E-state index in [0.29, 0.717) is 18.7 Å². The van der Waals surface area contributed by atoms with Gasteiger partial charge in [-0.3, -0.25) is 9.78 Å².